The van der Waals surface area contributed by atoms with Crippen molar-refractivity contribution < 1.29 is 0 Å². The average molecular weight is 315 g/mol. The third-order valence-electron chi connectivity index (χ3n) is 6.86. The molecular formula is C18H41B4N. The number of likely N-dealkylation sites (tertiary alicyclic amines) is 1. The second-order valence-electron chi connectivity index (χ2n) is 9.26. The first-order valence-corrected chi connectivity index (χ1v) is 10.5. The standard InChI is InChI=1S/C18H41B4N/c1-4-6-8-10-12-17(3,13-11-9-7-5-2)23-14-18(21,22)15(19)16(23)20/h15-16H,4-14,19-22H2,1-3H3. The lowest BCUT2D eigenvalue weighted by atomic mass is 9.43. The molecule has 1 aliphatic rings. The highest BCUT2D eigenvalue weighted by molar-refractivity contribution is 6.45. The Kier molecular flexibility index (Phi) is 8.91. The highest BCUT2D eigenvalue weighted by Crippen LogP contribution is 2.47. The van der Waals surface area contributed by atoms with E-state index >= 15 is 0 Å². The highest BCUT2D eigenvalue weighted by Gasteiger charge is 2.47. The number of hydrogen-bond donors (Lipinski definition) is 0. The molecule has 23 heavy (non-hydrogen) atoms. The van der Waals surface area contributed by atoms with E-state index in [0.717, 1.165) is 11.8 Å². The minimum Gasteiger partial charge on any atom is -0.304 e. The molecular weight excluding hydrogens is 273 g/mol. The molecule has 0 bridgehead atoms. The molecule has 1 saturated heterocycles. The van der Waals surface area contributed by atoms with Crippen LogP contribution in [0.4, 0.5) is 0 Å². The summed E-state index contributed by atoms with van der Waals surface area (Å²) in [6.45, 7) is 8.50. The maximum atomic E-state index is 2.90. The summed E-state index contributed by atoms with van der Waals surface area (Å²) >= 11 is 0. The summed E-state index contributed by atoms with van der Waals surface area (Å²) in [5, 5.41) is 0.466. The smallest absolute Gasteiger partial charge is 0.123 e. The summed E-state index contributed by atoms with van der Waals surface area (Å²) in [5.41, 5.74) is 0.420. The molecule has 0 aliphatic carbocycles. The van der Waals surface area contributed by atoms with Crippen LogP contribution >= 0.6 is 0 Å². The lowest BCUT2D eigenvalue weighted by Crippen LogP contribution is -2.50. The van der Waals surface area contributed by atoms with Gasteiger partial charge >= 0.3 is 0 Å². The van der Waals surface area contributed by atoms with Crippen LogP contribution in [0.3, 0.4) is 0 Å². The topological polar surface area (TPSA) is 3.24 Å². The first kappa shape index (κ1) is 21.3. The van der Waals surface area contributed by atoms with Crippen molar-refractivity contribution in [3.8, 4) is 0 Å². The number of unbranched alkanes of at least 4 members (excludes halogenated alkanes) is 6. The number of nitrogens with zero attached hydrogens (tertiary/aromatic N) is 1. The quantitative estimate of drug-likeness (QED) is 0.415. The van der Waals surface area contributed by atoms with Gasteiger partial charge in [-0.1, -0.05) is 76.2 Å². The van der Waals surface area contributed by atoms with E-state index in [1.807, 2.05) is 0 Å². The third-order valence-corrected chi connectivity index (χ3v) is 6.86. The second-order valence-corrected chi connectivity index (χ2v) is 9.26. The van der Waals surface area contributed by atoms with Crippen molar-refractivity contribution in [3.05, 3.63) is 0 Å². The Labute approximate surface area is 150 Å². The zero-order chi connectivity index (χ0) is 17.5. The van der Waals surface area contributed by atoms with Crippen molar-refractivity contribution in [3.63, 3.8) is 0 Å². The van der Waals surface area contributed by atoms with Crippen molar-refractivity contribution in [1.29, 1.82) is 0 Å². The zero-order valence-electron chi connectivity index (χ0n) is 17.4. The van der Waals surface area contributed by atoms with Crippen LogP contribution in [-0.2, 0) is 0 Å². The van der Waals surface area contributed by atoms with Crippen LogP contribution in [0, 0.1) is 0 Å². The van der Waals surface area contributed by atoms with Gasteiger partial charge in [0.25, 0.3) is 0 Å². The van der Waals surface area contributed by atoms with Crippen molar-refractivity contribution in [2.24, 2.45) is 0 Å². The summed E-state index contributed by atoms with van der Waals surface area (Å²) in [5.74, 6) is 1.53. The fourth-order valence-electron chi connectivity index (χ4n) is 4.61. The minimum atomic E-state index is 0.420. The van der Waals surface area contributed by atoms with E-state index in [1.165, 1.54) is 70.8 Å². The van der Waals surface area contributed by atoms with Gasteiger partial charge in [0.15, 0.2) is 0 Å². The Bertz CT molecular complexity index is 323. The molecule has 1 aliphatic heterocycles. The normalized spacial score (nSPS) is 25.0. The van der Waals surface area contributed by atoms with Gasteiger partial charge in [0.1, 0.15) is 31.4 Å². The Morgan fingerprint density at radius 2 is 1.39 bits per heavy atom. The second kappa shape index (κ2) is 9.64. The summed E-state index contributed by atoms with van der Waals surface area (Å²) < 4.78 is 0. The monoisotopic (exact) mass is 315 g/mol. The van der Waals surface area contributed by atoms with Crippen LogP contribution in [0.1, 0.15) is 85.0 Å². The minimum absolute atomic E-state index is 0.420. The van der Waals surface area contributed by atoms with Gasteiger partial charge in [-0.2, -0.15) is 0 Å². The molecule has 0 spiro atoms. The highest BCUT2D eigenvalue weighted by atomic mass is 15.2. The van der Waals surface area contributed by atoms with Crippen LogP contribution < -0.4 is 0 Å². The Hall–Kier alpha value is 0.220. The maximum Gasteiger partial charge on any atom is 0.123 e. The van der Waals surface area contributed by atoms with Crippen molar-refractivity contribution in [1.82, 2.24) is 4.90 Å². The molecule has 0 aromatic heterocycles. The molecule has 130 valence electrons. The van der Waals surface area contributed by atoms with Crippen LogP contribution in [0.2, 0.25) is 11.0 Å². The summed E-state index contributed by atoms with van der Waals surface area (Å²) in [6, 6.07) is 0. The summed E-state index contributed by atoms with van der Waals surface area (Å²) in [7, 11) is 9.90. The largest absolute Gasteiger partial charge is 0.304 e. The predicted molar refractivity (Wildman–Crippen MR) is 117 cm³/mol. The first-order chi connectivity index (χ1) is 10.8. The lowest BCUT2D eigenvalue weighted by Gasteiger charge is -2.43. The lowest BCUT2D eigenvalue weighted by molar-refractivity contribution is 0.0931. The molecule has 5 heteroatoms. The molecule has 0 aromatic carbocycles. The van der Waals surface area contributed by atoms with Crippen molar-refractivity contribution in [2.45, 2.75) is 107 Å². The molecule has 1 rings (SSSR count). The Balaban J connectivity index is 2.73. The number of rotatable bonds is 11. The van der Waals surface area contributed by atoms with E-state index in [1.54, 1.807) is 0 Å². The first-order valence-electron chi connectivity index (χ1n) is 10.5. The number of hydrogen-bond acceptors (Lipinski definition) is 1. The van der Waals surface area contributed by atoms with E-state index in [4.69, 9.17) is 0 Å². The van der Waals surface area contributed by atoms with E-state index in [2.05, 4.69) is 57.1 Å². The Morgan fingerprint density at radius 3 is 1.74 bits per heavy atom. The summed E-state index contributed by atoms with van der Waals surface area (Å²) in [4.78, 5) is 2.90. The van der Waals surface area contributed by atoms with Gasteiger partial charge in [0.05, 0.1) is 0 Å². The molecule has 0 saturated carbocycles. The summed E-state index contributed by atoms with van der Waals surface area (Å²) in [6.07, 6.45) is 14.0. The molecule has 0 N–H and O–H groups in total. The van der Waals surface area contributed by atoms with Crippen molar-refractivity contribution in [2.75, 3.05) is 6.54 Å². The van der Waals surface area contributed by atoms with Crippen molar-refractivity contribution >= 4 is 31.4 Å². The zero-order valence-corrected chi connectivity index (χ0v) is 17.4. The fourth-order valence-corrected chi connectivity index (χ4v) is 4.61. The van der Waals surface area contributed by atoms with Gasteiger partial charge in [-0.15, -0.1) is 0 Å². The molecule has 1 nitrogen and oxygen atoms in total. The predicted octanol–water partition coefficient (Wildman–Crippen LogP) is 1.76. The molecule has 1 heterocycles. The molecule has 0 aromatic rings. The maximum absolute atomic E-state index is 2.90. The van der Waals surface area contributed by atoms with Gasteiger partial charge in [0.2, 0.25) is 0 Å². The molecule has 0 amide bonds. The Morgan fingerprint density at radius 1 is 0.913 bits per heavy atom. The van der Waals surface area contributed by atoms with Gasteiger partial charge in [-0.05, 0) is 32.3 Å². The van der Waals surface area contributed by atoms with Crippen LogP contribution in [0.15, 0.2) is 0 Å². The van der Waals surface area contributed by atoms with Gasteiger partial charge in [0, 0.05) is 5.54 Å². The van der Waals surface area contributed by atoms with E-state index < -0.39 is 0 Å². The SMILES string of the molecule is BC1C(B)C(B)(B)CN1C(C)(CCCCCC)CCCCCC. The van der Waals surface area contributed by atoms with Gasteiger partial charge in [-0.3, -0.25) is 0 Å². The van der Waals surface area contributed by atoms with E-state index in [0.29, 0.717) is 10.8 Å². The van der Waals surface area contributed by atoms with E-state index in [9.17, 15) is 0 Å². The van der Waals surface area contributed by atoms with Crippen LogP contribution in [0.5, 0.6) is 0 Å². The molecule has 2 atom stereocenters. The fraction of sp³-hybridized carbons (Fsp3) is 1.00. The average Bonchev–Trinajstić information content (AvgIpc) is 2.72. The third kappa shape index (κ3) is 5.91. The van der Waals surface area contributed by atoms with Gasteiger partial charge < -0.3 is 4.90 Å². The van der Waals surface area contributed by atoms with Crippen LogP contribution in [0.25, 0.3) is 0 Å². The van der Waals surface area contributed by atoms with E-state index in [-0.39, 0.29) is 0 Å². The molecule has 2 unspecified atom stereocenters. The molecule has 0 radical (unpaired) electrons. The molecule has 1 fully saturated rings. The van der Waals surface area contributed by atoms with Crippen LogP contribution in [-0.4, -0.2) is 54.3 Å². The van der Waals surface area contributed by atoms with Gasteiger partial charge in [-0.25, -0.2) is 0 Å².